The van der Waals surface area contributed by atoms with Crippen molar-refractivity contribution in [3.05, 3.63) is 59.1 Å². The summed E-state index contributed by atoms with van der Waals surface area (Å²) in [6, 6.07) is 9.51. The van der Waals surface area contributed by atoms with Gasteiger partial charge in [-0.05, 0) is 43.3 Å². The molecule has 1 amide bonds. The highest BCUT2D eigenvalue weighted by Gasteiger charge is 2.33. The zero-order valence-corrected chi connectivity index (χ0v) is 17.5. The summed E-state index contributed by atoms with van der Waals surface area (Å²) in [7, 11) is 0. The largest absolute Gasteiger partial charge is 0.573 e. The molecule has 32 heavy (non-hydrogen) atoms. The highest BCUT2D eigenvalue weighted by molar-refractivity contribution is 7.15. The van der Waals surface area contributed by atoms with E-state index in [1.165, 1.54) is 23.5 Å². The molecule has 1 atom stereocenters. The minimum atomic E-state index is -4.79. The Balaban J connectivity index is 1.60. The highest BCUT2D eigenvalue weighted by Crippen LogP contribution is 2.42. The van der Waals surface area contributed by atoms with Crippen molar-refractivity contribution in [3.8, 4) is 11.5 Å². The van der Waals surface area contributed by atoms with Gasteiger partial charge < -0.3 is 24.8 Å². The number of amides is 1. The van der Waals surface area contributed by atoms with Gasteiger partial charge >= 0.3 is 6.36 Å². The summed E-state index contributed by atoms with van der Waals surface area (Å²) in [4.78, 5) is 20.2. The van der Waals surface area contributed by atoms with Crippen molar-refractivity contribution in [2.75, 3.05) is 23.4 Å². The van der Waals surface area contributed by atoms with Gasteiger partial charge in [-0.3, -0.25) is 4.79 Å². The fourth-order valence-electron chi connectivity index (χ4n) is 3.28. The first-order valence-corrected chi connectivity index (χ1v) is 10.3. The second-order valence-electron chi connectivity index (χ2n) is 6.95. The molecule has 4 rings (SSSR count). The van der Waals surface area contributed by atoms with E-state index in [1.54, 1.807) is 24.4 Å². The van der Waals surface area contributed by atoms with E-state index in [4.69, 9.17) is 4.74 Å². The smallest absolute Gasteiger partial charge is 0.488 e. The quantitative estimate of drug-likeness (QED) is 0.578. The van der Waals surface area contributed by atoms with E-state index in [1.807, 2.05) is 11.8 Å². The van der Waals surface area contributed by atoms with E-state index < -0.39 is 12.3 Å². The van der Waals surface area contributed by atoms with Crippen LogP contribution in [-0.2, 0) is 0 Å². The monoisotopic (exact) mass is 465 g/mol. The molecule has 7 nitrogen and oxygen atoms in total. The number of aromatic nitrogens is 1. The number of alkyl halides is 3. The third-order valence-corrected chi connectivity index (χ3v) is 5.57. The molecule has 0 saturated carbocycles. The Hall–Kier alpha value is -3.31. The summed E-state index contributed by atoms with van der Waals surface area (Å²) in [5, 5.41) is 13.1. The number of thiazole rings is 1. The number of halogens is 3. The van der Waals surface area contributed by atoms with Crippen LogP contribution < -0.4 is 19.7 Å². The van der Waals surface area contributed by atoms with Gasteiger partial charge in [0.25, 0.3) is 5.91 Å². The van der Waals surface area contributed by atoms with Crippen LogP contribution >= 0.6 is 11.3 Å². The Kier molecular flexibility index (Phi) is 5.94. The molecular weight excluding hydrogens is 447 g/mol. The van der Waals surface area contributed by atoms with E-state index in [0.717, 1.165) is 17.0 Å². The number of hydrogen-bond donors (Lipinski definition) is 2. The normalized spacial score (nSPS) is 15.7. The van der Waals surface area contributed by atoms with Gasteiger partial charge in [0.05, 0.1) is 23.9 Å². The minimum absolute atomic E-state index is 0.149. The van der Waals surface area contributed by atoms with E-state index in [-0.39, 0.29) is 30.6 Å². The molecule has 2 aromatic carbocycles. The van der Waals surface area contributed by atoms with Crippen molar-refractivity contribution in [1.29, 1.82) is 0 Å². The lowest BCUT2D eigenvalue weighted by atomic mass is 10.1. The van der Waals surface area contributed by atoms with Crippen molar-refractivity contribution < 1.29 is 32.5 Å². The van der Waals surface area contributed by atoms with Crippen molar-refractivity contribution in [2.45, 2.75) is 19.3 Å². The molecule has 1 aliphatic rings. The van der Waals surface area contributed by atoms with Crippen molar-refractivity contribution >= 4 is 33.8 Å². The third-order valence-electron chi connectivity index (χ3n) is 4.66. The molecule has 0 fully saturated rings. The van der Waals surface area contributed by atoms with E-state index in [2.05, 4.69) is 15.0 Å². The van der Waals surface area contributed by atoms with Crippen LogP contribution in [0.5, 0.6) is 11.5 Å². The lowest BCUT2D eigenvalue weighted by Crippen LogP contribution is -2.42. The maximum Gasteiger partial charge on any atom is 0.573 e. The lowest BCUT2D eigenvalue weighted by molar-refractivity contribution is -0.274. The number of benzene rings is 2. The first-order valence-electron chi connectivity index (χ1n) is 9.50. The van der Waals surface area contributed by atoms with Gasteiger partial charge in [-0.15, -0.1) is 24.5 Å². The van der Waals surface area contributed by atoms with E-state index in [0.29, 0.717) is 22.3 Å². The predicted molar refractivity (Wildman–Crippen MR) is 113 cm³/mol. The van der Waals surface area contributed by atoms with Gasteiger partial charge in [-0.1, -0.05) is 6.07 Å². The van der Waals surface area contributed by atoms with Crippen LogP contribution in [0.3, 0.4) is 0 Å². The minimum Gasteiger partial charge on any atom is -0.488 e. The van der Waals surface area contributed by atoms with Gasteiger partial charge in [-0.25, -0.2) is 4.98 Å². The molecule has 0 bridgehead atoms. The fraction of sp³-hybridized carbons (Fsp3) is 0.238. The van der Waals surface area contributed by atoms with Crippen LogP contribution in [-0.4, -0.2) is 41.6 Å². The summed E-state index contributed by atoms with van der Waals surface area (Å²) < 4.78 is 46.6. The van der Waals surface area contributed by atoms with Gasteiger partial charge in [-0.2, -0.15) is 0 Å². The summed E-state index contributed by atoms with van der Waals surface area (Å²) in [5.41, 5.74) is 1.12. The van der Waals surface area contributed by atoms with Crippen molar-refractivity contribution in [3.63, 3.8) is 0 Å². The van der Waals surface area contributed by atoms with Gasteiger partial charge in [0.2, 0.25) is 0 Å². The standard InChI is InChI=1S/C21H18F3N3O4S/c1-12-9-25-20(32-12)27-14(10-28)11-30-18-16(3-2-4-17(18)27)19(29)26-13-5-7-15(8-6-13)31-21(22,23)24/h2-9,14,28H,10-11H2,1H3,(H,26,29)/t14-/m0/s1. The number of hydrogen-bond acceptors (Lipinski definition) is 7. The molecule has 1 aromatic heterocycles. The molecule has 0 spiro atoms. The first-order chi connectivity index (χ1) is 15.2. The highest BCUT2D eigenvalue weighted by atomic mass is 32.1. The number of rotatable bonds is 5. The number of para-hydroxylation sites is 1. The molecule has 0 aliphatic carbocycles. The number of fused-ring (bicyclic) bond motifs is 1. The van der Waals surface area contributed by atoms with Crippen molar-refractivity contribution in [2.24, 2.45) is 0 Å². The maximum absolute atomic E-state index is 12.9. The molecular formula is C21H18F3N3O4S. The van der Waals surface area contributed by atoms with E-state index in [9.17, 15) is 23.1 Å². The Morgan fingerprint density at radius 2 is 2.06 bits per heavy atom. The zero-order valence-electron chi connectivity index (χ0n) is 16.7. The summed E-state index contributed by atoms with van der Waals surface area (Å²) in [6.45, 7) is 1.90. The second kappa shape index (κ2) is 8.67. The Morgan fingerprint density at radius 1 is 1.31 bits per heavy atom. The number of anilines is 3. The Bertz CT molecular complexity index is 1120. The molecule has 168 valence electrons. The lowest BCUT2D eigenvalue weighted by Gasteiger charge is -2.36. The Morgan fingerprint density at radius 3 is 2.69 bits per heavy atom. The van der Waals surface area contributed by atoms with Crippen LogP contribution in [0, 0.1) is 6.92 Å². The van der Waals surface area contributed by atoms with Gasteiger partial charge in [0, 0.05) is 16.8 Å². The molecule has 2 heterocycles. The van der Waals surface area contributed by atoms with Gasteiger partial charge in [0.15, 0.2) is 10.9 Å². The average molecular weight is 465 g/mol. The molecule has 1 aliphatic heterocycles. The molecule has 11 heteroatoms. The summed E-state index contributed by atoms with van der Waals surface area (Å²) in [5.74, 6) is -0.552. The first kappa shape index (κ1) is 21.9. The molecule has 0 saturated heterocycles. The number of aliphatic hydroxyl groups is 1. The average Bonchev–Trinajstić information content (AvgIpc) is 3.18. The zero-order chi connectivity index (χ0) is 22.9. The van der Waals surface area contributed by atoms with Crippen LogP contribution in [0.1, 0.15) is 15.2 Å². The molecule has 0 radical (unpaired) electrons. The van der Waals surface area contributed by atoms with Crippen LogP contribution in [0.15, 0.2) is 48.7 Å². The topological polar surface area (TPSA) is 83.9 Å². The molecule has 3 aromatic rings. The number of nitrogens with zero attached hydrogens (tertiary/aromatic N) is 2. The van der Waals surface area contributed by atoms with Crippen molar-refractivity contribution in [1.82, 2.24) is 4.98 Å². The predicted octanol–water partition coefficient (Wildman–Crippen LogP) is 4.49. The SMILES string of the molecule is Cc1cnc(N2c3cccc(C(=O)Nc4ccc(OC(F)(F)F)cc4)c3OC[C@@H]2CO)s1. The Labute approximate surface area is 185 Å². The van der Waals surface area contributed by atoms with Crippen LogP contribution in [0.25, 0.3) is 0 Å². The number of aryl methyl sites for hydroxylation is 1. The third kappa shape index (κ3) is 4.63. The summed E-state index contributed by atoms with van der Waals surface area (Å²) >= 11 is 1.45. The molecule has 2 N–H and O–H groups in total. The maximum atomic E-state index is 12.9. The number of ether oxygens (including phenoxy) is 2. The van der Waals surface area contributed by atoms with Crippen LogP contribution in [0.4, 0.5) is 29.7 Å². The summed E-state index contributed by atoms with van der Waals surface area (Å²) in [6.07, 6.45) is -3.06. The number of aliphatic hydroxyl groups excluding tert-OH is 1. The van der Waals surface area contributed by atoms with Crippen LogP contribution in [0.2, 0.25) is 0 Å². The number of nitrogens with one attached hydrogen (secondary N) is 1. The second-order valence-corrected chi connectivity index (χ2v) is 8.16. The number of carbonyl (C=O) groups excluding carboxylic acids is 1. The number of carbonyl (C=O) groups is 1. The van der Waals surface area contributed by atoms with Gasteiger partial charge in [0.1, 0.15) is 12.4 Å². The van der Waals surface area contributed by atoms with E-state index >= 15 is 0 Å². The molecule has 0 unspecified atom stereocenters. The fourth-order valence-corrected chi connectivity index (χ4v) is 4.13.